The Morgan fingerprint density at radius 1 is 1.17 bits per heavy atom. The Labute approximate surface area is 277 Å². The second-order valence-electron chi connectivity index (χ2n) is 12.4. The number of rotatable bonds is 8. The van der Waals surface area contributed by atoms with Crippen LogP contribution in [0.25, 0.3) is 21.3 Å². The van der Waals surface area contributed by atoms with Crippen molar-refractivity contribution in [2.75, 3.05) is 19.7 Å². The molecule has 250 valence electrons. The first-order valence-electron chi connectivity index (χ1n) is 15.4. The van der Waals surface area contributed by atoms with Gasteiger partial charge in [0, 0.05) is 51.4 Å². The summed E-state index contributed by atoms with van der Waals surface area (Å²) in [7, 11) is 0. The molecule has 0 amide bonds. The summed E-state index contributed by atoms with van der Waals surface area (Å²) < 4.78 is 51.0. The first kappa shape index (κ1) is 33.4. The number of ether oxygens (including phenoxy) is 2. The monoisotopic (exact) mass is 690 g/mol. The number of aromatic carboxylic acids is 1. The summed E-state index contributed by atoms with van der Waals surface area (Å²) in [6.07, 6.45) is -3.12. The van der Waals surface area contributed by atoms with Gasteiger partial charge in [-0.05, 0) is 77.1 Å². The van der Waals surface area contributed by atoms with Crippen molar-refractivity contribution in [2.45, 2.75) is 77.4 Å². The van der Waals surface area contributed by atoms with Gasteiger partial charge in [0.25, 0.3) is 5.56 Å². The predicted molar refractivity (Wildman–Crippen MR) is 173 cm³/mol. The normalized spacial score (nSPS) is 19.2. The van der Waals surface area contributed by atoms with E-state index in [-0.39, 0.29) is 42.7 Å². The third kappa shape index (κ3) is 6.89. The lowest BCUT2D eigenvalue weighted by Gasteiger charge is -2.47. The molecule has 47 heavy (non-hydrogen) atoms. The molecule has 4 aromatic rings. The predicted octanol–water partition coefficient (Wildman–Crippen LogP) is 6.82. The van der Waals surface area contributed by atoms with Crippen molar-refractivity contribution < 1.29 is 32.5 Å². The lowest BCUT2D eigenvalue weighted by atomic mass is 9.79. The molecule has 1 aromatic carbocycles. The van der Waals surface area contributed by atoms with E-state index in [2.05, 4.69) is 21.5 Å². The fourth-order valence-corrected chi connectivity index (χ4v) is 7.99. The summed E-state index contributed by atoms with van der Waals surface area (Å²) in [5.41, 5.74) is 3.49. The van der Waals surface area contributed by atoms with Crippen LogP contribution in [0.4, 0.5) is 13.2 Å². The molecular weight excluding hydrogens is 657 g/mol. The number of aromatic nitrogens is 3. The molecule has 1 aliphatic heterocycles. The standard InChI is InChI=1S/C33H34ClF3N4O5S/c1-18-14-23(29-28(38-18)25(17-47-29)31(43)44)22-15-20(34)4-5-27(22)45-13-12-41-19(2)39-26-6-9-32(3,16-24(26)30(41)42)40-10-7-21(8-11-40)46-33(35,36)37/h4-5,14-15,17,21H,6-13,16H2,1-3H3,(H,43,44)/t32-/m1/s1. The van der Waals surface area contributed by atoms with Gasteiger partial charge in [-0.15, -0.1) is 24.5 Å². The highest BCUT2D eigenvalue weighted by atomic mass is 35.5. The zero-order valence-electron chi connectivity index (χ0n) is 26.1. The van der Waals surface area contributed by atoms with Gasteiger partial charge in [0.1, 0.15) is 18.2 Å². The van der Waals surface area contributed by atoms with Crippen molar-refractivity contribution in [3.05, 3.63) is 73.4 Å². The van der Waals surface area contributed by atoms with Crippen LogP contribution in [0.5, 0.6) is 5.75 Å². The molecule has 1 atom stereocenters. The number of thiophene rings is 1. The van der Waals surface area contributed by atoms with Crippen LogP contribution >= 0.6 is 22.9 Å². The second-order valence-corrected chi connectivity index (χ2v) is 13.7. The third-order valence-corrected chi connectivity index (χ3v) is 10.4. The fourth-order valence-electron chi connectivity index (χ4n) is 6.81. The number of fused-ring (bicyclic) bond motifs is 2. The minimum atomic E-state index is -4.64. The second kappa shape index (κ2) is 12.8. The van der Waals surface area contributed by atoms with Crippen molar-refractivity contribution >= 4 is 39.1 Å². The van der Waals surface area contributed by atoms with E-state index in [1.165, 1.54) is 11.3 Å². The lowest BCUT2D eigenvalue weighted by Crippen LogP contribution is -2.55. The van der Waals surface area contributed by atoms with E-state index in [1.54, 1.807) is 42.0 Å². The molecule has 0 bridgehead atoms. The van der Waals surface area contributed by atoms with Gasteiger partial charge in [-0.1, -0.05) is 11.6 Å². The average molecular weight is 691 g/mol. The summed E-state index contributed by atoms with van der Waals surface area (Å²) in [4.78, 5) is 37.1. The molecule has 6 rings (SSSR count). The Morgan fingerprint density at radius 2 is 1.91 bits per heavy atom. The van der Waals surface area contributed by atoms with Crippen LogP contribution in [0, 0.1) is 13.8 Å². The number of likely N-dealkylation sites (tertiary alicyclic amines) is 1. The molecular formula is C33H34ClF3N4O5S. The number of benzene rings is 1. The van der Waals surface area contributed by atoms with E-state index in [0.29, 0.717) is 69.6 Å². The Bertz CT molecular complexity index is 1900. The smallest absolute Gasteiger partial charge is 0.491 e. The van der Waals surface area contributed by atoms with Crippen molar-refractivity contribution in [1.29, 1.82) is 0 Å². The number of carbonyl (C=O) groups is 1. The minimum absolute atomic E-state index is 0.130. The zero-order chi connectivity index (χ0) is 33.7. The number of alkyl halides is 3. The molecule has 3 aromatic heterocycles. The van der Waals surface area contributed by atoms with E-state index in [0.717, 1.165) is 17.7 Å². The average Bonchev–Trinajstić information content (AvgIpc) is 3.43. The topological polar surface area (TPSA) is 107 Å². The summed E-state index contributed by atoms with van der Waals surface area (Å²) in [6.45, 7) is 6.97. The largest absolute Gasteiger partial charge is 0.522 e. The van der Waals surface area contributed by atoms with Crippen molar-refractivity contribution in [2.24, 2.45) is 0 Å². The number of pyridine rings is 1. The molecule has 1 fully saturated rings. The Balaban J connectivity index is 1.20. The number of nitrogens with zero attached hydrogens (tertiary/aromatic N) is 4. The summed E-state index contributed by atoms with van der Waals surface area (Å²) in [5.74, 6) is 0.0464. The fraction of sp³-hybridized carbons (Fsp3) is 0.455. The Morgan fingerprint density at radius 3 is 2.62 bits per heavy atom. The SMILES string of the molecule is Cc1cc(-c2cc(Cl)ccc2OCCn2c(C)nc3c(c2=O)C[C@](C)(N2CCC(OC(F)(F)F)CC2)CC3)c2scc(C(=O)O)c2n1. The van der Waals surface area contributed by atoms with Crippen LogP contribution < -0.4 is 10.3 Å². The Kier molecular flexibility index (Phi) is 9.11. The van der Waals surface area contributed by atoms with Gasteiger partial charge in [0.05, 0.1) is 34.1 Å². The first-order chi connectivity index (χ1) is 22.2. The van der Waals surface area contributed by atoms with Crippen molar-refractivity contribution in [3.8, 4) is 16.9 Å². The van der Waals surface area contributed by atoms with Crippen LogP contribution in [0.1, 0.15) is 59.3 Å². The van der Waals surface area contributed by atoms with Gasteiger partial charge < -0.3 is 9.84 Å². The van der Waals surface area contributed by atoms with Gasteiger partial charge >= 0.3 is 12.3 Å². The molecule has 0 unspecified atom stereocenters. The Hall–Kier alpha value is -3.52. The van der Waals surface area contributed by atoms with Gasteiger partial charge in [0.15, 0.2) is 0 Å². The van der Waals surface area contributed by atoms with Gasteiger partial charge in [-0.2, -0.15) is 0 Å². The van der Waals surface area contributed by atoms with E-state index < -0.39 is 18.4 Å². The summed E-state index contributed by atoms with van der Waals surface area (Å²) in [5, 5.41) is 11.7. The van der Waals surface area contributed by atoms with Crippen LogP contribution in [0.15, 0.2) is 34.4 Å². The number of hydrogen-bond donors (Lipinski definition) is 1. The highest BCUT2D eigenvalue weighted by molar-refractivity contribution is 7.18. The number of aryl methyl sites for hydroxylation is 3. The maximum absolute atomic E-state index is 13.9. The number of carboxylic acids is 1. The summed E-state index contributed by atoms with van der Waals surface area (Å²) in [6, 6.07) is 7.09. The zero-order valence-corrected chi connectivity index (χ0v) is 27.7. The minimum Gasteiger partial charge on any atom is -0.491 e. The van der Waals surface area contributed by atoms with E-state index in [4.69, 9.17) is 21.3 Å². The molecule has 1 N–H and O–H groups in total. The number of hydrogen-bond acceptors (Lipinski definition) is 8. The van der Waals surface area contributed by atoms with Gasteiger partial charge in [-0.3, -0.25) is 24.0 Å². The van der Waals surface area contributed by atoms with Gasteiger partial charge in [-0.25, -0.2) is 9.78 Å². The van der Waals surface area contributed by atoms with Crippen LogP contribution in [0.2, 0.25) is 5.02 Å². The maximum Gasteiger partial charge on any atom is 0.522 e. The van der Waals surface area contributed by atoms with Crippen LogP contribution in [-0.2, 0) is 24.1 Å². The number of carboxylic acid groups (broad SMARTS) is 1. The maximum atomic E-state index is 13.9. The number of halogens is 4. The molecule has 0 radical (unpaired) electrons. The van der Waals surface area contributed by atoms with Crippen molar-refractivity contribution in [1.82, 2.24) is 19.4 Å². The van der Waals surface area contributed by atoms with Crippen LogP contribution in [-0.4, -0.2) is 68.2 Å². The molecule has 0 spiro atoms. The molecule has 14 heteroatoms. The van der Waals surface area contributed by atoms with E-state index in [9.17, 15) is 27.9 Å². The molecule has 1 aliphatic carbocycles. The molecule has 2 aliphatic rings. The van der Waals surface area contributed by atoms with E-state index >= 15 is 0 Å². The highest BCUT2D eigenvalue weighted by Gasteiger charge is 2.41. The first-order valence-corrected chi connectivity index (χ1v) is 16.6. The van der Waals surface area contributed by atoms with E-state index in [1.807, 2.05) is 6.07 Å². The highest BCUT2D eigenvalue weighted by Crippen LogP contribution is 2.40. The third-order valence-electron chi connectivity index (χ3n) is 9.19. The van der Waals surface area contributed by atoms with Crippen LogP contribution in [0.3, 0.4) is 0 Å². The van der Waals surface area contributed by atoms with Crippen molar-refractivity contribution in [3.63, 3.8) is 0 Å². The van der Waals surface area contributed by atoms with Gasteiger partial charge in [0.2, 0.25) is 0 Å². The summed E-state index contributed by atoms with van der Waals surface area (Å²) >= 11 is 7.68. The number of piperidine rings is 1. The molecule has 0 saturated carbocycles. The molecule has 4 heterocycles. The lowest BCUT2D eigenvalue weighted by molar-refractivity contribution is -0.346. The molecule has 9 nitrogen and oxygen atoms in total. The molecule has 1 saturated heterocycles. The quantitative estimate of drug-likeness (QED) is 0.215.